The number of aliphatic hydroxyl groups is 1. The largest absolute Gasteiger partial charge is 0.496 e. The maximum absolute atomic E-state index is 11.5. The van der Waals surface area contributed by atoms with Crippen molar-refractivity contribution in [3.05, 3.63) is 29.3 Å². The molecular weight excluding hydrogens is 208 g/mol. The molecule has 4 nitrogen and oxygen atoms in total. The van der Waals surface area contributed by atoms with E-state index < -0.39 is 0 Å². The van der Waals surface area contributed by atoms with Gasteiger partial charge in [-0.05, 0) is 30.7 Å². The highest BCUT2D eigenvalue weighted by atomic mass is 16.5. The lowest BCUT2D eigenvalue weighted by Crippen LogP contribution is -2.07. The topological polar surface area (TPSA) is 55.8 Å². The third kappa shape index (κ3) is 3.24. The number of benzene rings is 1. The van der Waals surface area contributed by atoms with E-state index in [2.05, 4.69) is 0 Å². The number of hydrogen-bond acceptors (Lipinski definition) is 4. The third-order valence-electron chi connectivity index (χ3n) is 2.17. The van der Waals surface area contributed by atoms with E-state index in [0.717, 1.165) is 11.3 Å². The van der Waals surface area contributed by atoms with Crippen molar-refractivity contribution in [2.75, 3.05) is 20.3 Å². The van der Waals surface area contributed by atoms with Crippen molar-refractivity contribution in [1.82, 2.24) is 0 Å². The highest BCUT2D eigenvalue weighted by Gasteiger charge is 2.08. The van der Waals surface area contributed by atoms with Crippen LogP contribution in [0.25, 0.3) is 0 Å². The summed E-state index contributed by atoms with van der Waals surface area (Å²) >= 11 is 0. The van der Waals surface area contributed by atoms with Gasteiger partial charge in [0.2, 0.25) is 0 Å². The summed E-state index contributed by atoms with van der Waals surface area (Å²) in [5.41, 5.74) is 1.38. The molecule has 0 saturated heterocycles. The van der Waals surface area contributed by atoms with Crippen LogP contribution in [0.15, 0.2) is 18.2 Å². The fourth-order valence-electron chi connectivity index (χ4n) is 1.32. The van der Waals surface area contributed by atoms with Crippen molar-refractivity contribution in [1.29, 1.82) is 0 Å². The van der Waals surface area contributed by atoms with Gasteiger partial charge in [-0.15, -0.1) is 0 Å². The molecule has 0 bridgehead atoms. The van der Waals surface area contributed by atoms with Gasteiger partial charge in [0.1, 0.15) is 5.75 Å². The summed E-state index contributed by atoms with van der Waals surface area (Å²) in [7, 11) is 1.58. The minimum absolute atomic E-state index is 0.0227. The van der Waals surface area contributed by atoms with Crippen molar-refractivity contribution < 1.29 is 19.4 Å². The van der Waals surface area contributed by atoms with Crippen molar-refractivity contribution in [2.24, 2.45) is 0 Å². The highest BCUT2D eigenvalue weighted by molar-refractivity contribution is 5.89. The summed E-state index contributed by atoms with van der Waals surface area (Å²) in [5, 5.41) is 8.55. The first-order valence-corrected chi connectivity index (χ1v) is 5.11. The molecular formula is C12H16O4. The molecule has 0 spiro atoms. The smallest absolute Gasteiger partial charge is 0.338 e. The average Bonchev–Trinajstić information content (AvgIpc) is 2.29. The predicted molar refractivity (Wildman–Crippen MR) is 59.7 cm³/mol. The van der Waals surface area contributed by atoms with Crippen LogP contribution >= 0.6 is 0 Å². The van der Waals surface area contributed by atoms with Gasteiger partial charge < -0.3 is 14.6 Å². The van der Waals surface area contributed by atoms with E-state index in [4.69, 9.17) is 14.6 Å². The van der Waals surface area contributed by atoms with Crippen LogP contribution in [-0.4, -0.2) is 31.4 Å². The van der Waals surface area contributed by atoms with Gasteiger partial charge in [0.15, 0.2) is 0 Å². The first kappa shape index (κ1) is 12.5. The Morgan fingerprint density at radius 2 is 2.19 bits per heavy atom. The van der Waals surface area contributed by atoms with E-state index in [-0.39, 0.29) is 19.2 Å². The van der Waals surface area contributed by atoms with E-state index in [1.165, 1.54) is 0 Å². The Bertz CT molecular complexity index is 360. The Morgan fingerprint density at radius 3 is 2.75 bits per heavy atom. The number of esters is 1. The van der Waals surface area contributed by atoms with Crippen molar-refractivity contribution in [2.45, 2.75) is 13.3 Å². The summed E-state index contributed by atoms with van der Waals surface area (Å²) in [6.07, 6.45) is 0.459. The normalized spacial score (nSPS) is 9.94. The van der Waals surface area contributed by atoms with Crippen LogP contribution in [0.3, 0.4) is 0 Å². The molecule has 0 unspecified atom stereocenters. The SMILES string of the molecule is COc1ccc(C(=O)OCCCO)cc1C. The number of ether oxygens (including phenoxy) is 2. The van der Waals surface area contributed by atoms with Gasteiger partial charge in [-0.25, -0.2) is 4.79 Å². The van der Waals surface area contributed by atoms with Crippen molar-refractivity contribution >= 4 is 5.97 Å². The summed E-state index contributed by atoms with van der Waals surface area (Å²) in [4.78, 5) is 11.5. The zero-order valence-electron chi connectivity index (χ0n) is 9.53. The molecule has 0 fully saturated rings. The Kier molecular flexibility index (Phi) is 4.79. The van der Waals surface area contributed by atoms with E-state index in [0.29, 0.717) is 12.0 Å². The Morgan fingerprint density at radius 1 is 1.44 bits per heavy atom. The quantitative estimate of drug-likeness (QED) is 0.609. The molecule has 0 atom stereocenters. The van der Waals surface area contributed by atoms with Crippen LogP contribution in [0.2, 0.25) is 0 Å². The highest BCUT2D eigenvalue weighted by Crippen LogP contribution is 2.18. The van der Waals surface area contributed by atoms with E-state index in [9.17, 15) is 4.79 Å². The number of hydrogen-bond donors (Lipinski definition) is 1. The molecule has 1 aromatic rings. The van der Waals surface area contributed by atoms with Crippen LogP contribution in [0.5, 0.6) is 5.75 Å². The van der Waals surface area contributed by atoms with Crippen LogP contribution in [-0.2, 0) is 4.74 Å². The first-order chi connectivity index (χ1) is 7.69. The summed E-state index contributed by atoms with van der Waals surface area (Å²) in [6.45, 7) is 2.12. The molecule has 1 N–H and O–H groups in total. The molecule has 0 saturated carbocycles. The van der Waals surface area contributed by atoms with Crippen LogP contribution in [0.4, 0.5) is 0 Å². The van der Waals surface area contributed by atoms with Crippen LogP contribution < -0.4 is 4.74 Å². The van der Waals surface area contributed by atoms with Gasteiger partial charge in [0, 0.05) is 13.0 Å². The number of methoxy groups -OCH3 is 1. The lowest BCUT2D eigenvalue weighted by molar-refractivity contribution is 0.0482. The minimum Gasteiger partial charge on any atom is -0.496 e. The molecule has 0 heterocycles. The molecule has 1 rings (SSSR count). The maximum Gasteiger partial charge on any atom is 0.338 e. The second-order valence-corrected chi connectivity index (χ2v) is 3.40. The van der Waals surface area contributed by atoms with Gasteiger partial charge in [-0.2, -0.15) is 0 Å². The molecule has 0 radical (unpaired) electrons. The van der Waals surface area contributed by atoms with Crippen molar-refractivity contribution in [3.63, 3.8) is 0 Å². The van der Waals surface area contributed by atoms with E-state index >= 15 is 0 Å². The van der Waals surface area contributed by atoms with Gasteiger partial charge in [0.25, 0.3) is 0 Å². The van der Waals surface area contributed by atoms with Crippen LogP contribution in [0.1, 0.15) is 22.3 Å². The molecule has 88 valence electrons. The molecule has 4 heteroatoms. The monoisotopic (exact) mass is 224 g/mol. The third-order valence-corrected chi connectivity index (χ3v) is 2.17. The second kappa shape index (κ2) is 6.12. The lowest BCUT2D eigenvalue weighted by atomic mass is 10.1. The van der Waals surface area contributed by atoms with Crippen molar-refractivity contribution in [3.8, 4) is 5.75 Å². The zero-order chi connectivity index (χ0) is 12.0. The Balaban J connectivity index is 2.66. The molecule has 16 heavy (non-hydrogen) atoms. The molecule has 0 aromatic heterocycles. The molecule has 0 aliphatic heterocycles. The zero-order valence-corrected chi connectivity index (χ0v) is 9.53. The Hall–Kier alpha value is -1.55. The second-order valence-electron chi connectivity index (χ2n) is 3.40. The standard InChI is InChI=1S/C12H16O4/c1-9-8-10(4-5-11(9)15-2)12(14)16-7-3-6-13/h4-5,8,13H,3,6-7H2,1-2H3. The van der Waals surface area contributed by atoms with Gasteiger partial charge in [-0.1, -0.05) is 0 Å². The van der Waals surface area contributed by atoms with Gasteiger partial charge in [-0.3, -0.25) is 0 Å². The van der Waals surface area contributed by atoms with Gasteiger partial charge in [0.05, 0.1) is 19.3 Å². The number of carbonyl (C=O) groups excluding carboxylic acids is 1. The Labute approximate surface area is 94.8 Å². The molecule has 0 aliphatic carbocycles. The number of aliphatic hydroxyl groups excluding tert-OH is 1. The number of aryl methyl sites for hydroxylation is 1. The van der Waals surface area contributed by atoms with Crippen LogP contribution in [0, 0.1) is 6.92 Å². The number of carbonyl (C=O) groups is 1. The summed E-state index contributed by atoms with van der Waals surface area (Å²) < 4.78 is 10.1. The molecule has 0 amide bonds. The maximum atomic E-state index is 11.5. The lowest BCUT2D eigenvalue weighted by Gasteiger charge is -2.07. The van der Waals surface area contributed by atoms with Gasteiger partial charge >= 0.3 is 5.97 Å². The summed E-state index contributed by atoms with van der Waals surface area (Å²) in [6, 6.07) is 5.12. The van der Waals surface area contributed by atoms with E-state index in [1.807, 2.05) is 6.92 Å². The average molecular weight is 224 g/mol. The number of rotatable bonds is 5. The fraction of sp³-hybridized carbons (Fsp3) is 0.417. The minimum atomic E-state index is -0.376. The summed E-state index contributed by atoms with van der Waals surface area (Å²) in [5.74, 6) is 0.367. The predicted octanol–water partition coefficient (Wildman–Crippen LogP) is 1.54. The molecule has 1 aromatic carbocycles. The van der Waals surface area contributed by atoms with E-state index in [1.54, 1.807) is 25.3 Å². The molecule has 0 aliphatic rings. The first-order valence-electron chi connectivity index (χ1n) is 5.11. The fourth-order valence-corrected chi connectivity index (χ4v) is 1.32.